The highest BCUT2D eigenvalue weighted by Gasteiger charge is 2.06. The number of nitrogens with zero attached hydrogens (tertiary/aromatic N) is 1. The fourth-order valence-electron chi connectivity index (χ4n) is 1.34. The maximum Gasteiger partial charge on any atom is 0.270 e. The summed E-state index contributed by atoms with van der Waals surface area (Å²) in [6.07, 6.45) is 1.64. The first-order valence-electron chi connectivity index (χ1n) is 5.22. The lowest BCUT2D eigenvalue weighted by Crippen LogP contribution is -2.23. The van der Waals surface area contributed by atoms with Gasteiger partial charge in [-0.2, -0.15) is 11.3 Å². The molecule has 0 radical (unpaired) electrons. The van der Waals surface area contributed by atoms with Crippen LogP contribution in [0, 0.1) is 0 Å². The van der Waals surface area contributed by atoms with Crippen molar-refractivity contribution in [2.24, 2.45) is 0 Å². The topological polar surface area (TPSA) is 54.0 Å². The Morgan fingerprint density at radius 2 is 2.29 bits per heavy atom. The van der Waals surface area contributed by atoms with Gasteiger partial charge in [-0.25, -0.2) is 4.98 Å². The van der Waals surface area contributed by atoms with E-state index in [1.165, 1.54) is 0 Å². The van der Waals surface area contributed by atoms with Gasteiger partial charge in [-0.05, 0) is 34.5 Å². The van der Waals surface area contributed by atoms with E-state index in [1.807, 2.05) is 29.9 Å². The molecule has 2 aromatic heterocycles. The minimum absolute atomic E-state index is 0.154. The van der Waals surface area contributed by atoms with Crippen molar-refractivity contribution in [3.8, 4) is 0 Å². The molecule has 0 aliphatic carbocycles. The van der Waals surface area contributed by atoms with Crippen molar-refractivity contribution in [3.63, 3.8) is 0 Å². The van der Waals surface area contributed by atoms with Crippen LogP contribution in [0.1, 0.15) is 16.1 Å². The molecule has 0 bridgehead atoms. The van der Waals surface area contributed by atoms with Gasteiger partial charge in [-0.15, -0.1) is 0 Å². The van der Waals surface area contributed by atoms with Crippen LogP contribution >= 0.6 is 11.3 Å². The Labute approximate surface area is 104 Å². The molecule has 2 rings (SSSR count). The summed E-state index contributed by atoms with van der Waals surface area (Å²) in [6, 6.07) is 5.52. The third-order valence-electron chi connectivity index (χ3n) is 2.32. The second-order valence-corrected chi connectivity index (χ2v) is 4.28. The van der Waals surface area contributed by atoms with Crippen LogP contribution in [0.3, 0.4) is 0 Å². The average Bonchev–Trinajstić information content (AvgIpc) is 2.89. The third kappa shape index (κ3) is 3.04. The van der Waals surface area contributed by atoms with Crippen molar-refractivity contribution in [2.75, 3.05) is 12.4 Å². The lowest BCUT2D eigenvalue weighted by Gasteiger charge is -2.04. The molecule has 2 aromatic rings. The highest BCUT2D eigenvalue weighted by molar-refractivity contribution is 7.07. The molecular formula is C12H13N3OS. The van der Waals surface area contributed by atoms with Crippen LogP contribution in [0.25, 0.3) is 0 Å². The van der Waals surface area contributed by atoms with Gasteiger partial charge in [-0.3, -0.25) is 4.79 Å². The Morgan fingerprint density at radius 3 is 2.88 bits per heavy atom. The van der Waals surface area contributed by atoms with Crippen molar-refractivity contribution < 1.29 is 4.79 Å². The molecule has 2 N–H and O–H groups in total. The number of hydrogen-bond donors (Lipinski definition) is 2. The van der Waals surface area contributed by atoms with Gasteiger partial charge < -0.3 is 10.6 Å². The van der Waals surface area contributed by atoms with E-state index in [1.54, 1.807) is 23.6 Å². The van der Waals surface area contributed by atoms with Gasteiger partial charge in [0.15, 0.2) is 0 Å². The summed E-state index contributed by atoms with van der Waals surface area (Å²) in [5, 5.41) is 9.78. The Morgan fingerprint density at radius 1 is 1.41 bits per heavy atom. The molecule has 0 spiro atoms. The molecule has 5 heteroatoms. The Kier molecular flexibility index (Phi) is 3.72. The molecule has 0 aliphatic rings. The van der Waals surface area contributed by atoms with E-state index >= 15 is 0 Å². The molecule has 2 heterocycles. The summed E-state index contributed by atoms with van der Waals surface area (Å²) < 4.78 is 0. The first-order chi connectivity index (χ1) is 8.29. The molecule has 0 atom stereocenters. The number of amides is 1. The van der Waals surface area contributed by atoms with E-state index in [9.17, 15) is 4.79 Å². The number of thiophene rings is 1. The molecular weight excluding hydrogens is 234 g/mol. The standard InChI is InChI=1S/C12H13N3OS/c1-13-10-2-3-11(14-7-10)12(16)15-6-9-4-5-17-8-9/h2-5,7-8,13H,6H2,1H3,(H,15,16). The van der Waals surface area contributed by atoms with E-state index < -0.39 is 0 Å². The maximum atomic E-state index is 11.7. The van der Waals surface area contributed by atoms with Gasteiger partial charge in [0.1, 0.15) is 5.69 Å². The zero-order valence-electron chi connectivity index (χ0n) is 9.43. The number of nitrogens with one attached hydrogen (secondary N) is 2. The van der Waals surface area contributed by atoms with Crippen molar-refractivity contribution >= 4 is 22.9 Å². The third-order valence-corrected chi connectivity index (χ3v) is 3.05. The SMILES string of the molecule is CNc1ccc(C(=O)NCc2ccsc2)nc1. The summed E-state index contributed by atoms with van der Waals surface area (Å²) >= 11 is 1.62. The van der Waals surface area contributed by atoms with Crippen LogP contribution in [-0.2, 0) is 6.54 Å². The molecule has 0 saturated heterocycles. The smallest absolute Gasteiger partial charge is 0.270 e. The molecule has 0 fully saturated rings. The predicted molar refractivity (Wildman–Crippen MR) is 69.3 cm³/mol. The van der Waals surface area contributed by atoms with Gasteiger partial charge in [0.2, 0.25) is 0 Å². The van der Waals surface area contributed by atoms with Gasteiger partial charge in [0.05, 0.1) is 11.9 Å². The summed E-state index contributed by atoms with van der Waals surface area (Å²) in [5.41, 5.74) is 2.42. The molecule has 4 nitrogen and oxygen atoms in total. The summed E-state index contributed by atoms with van der Waals surface area (Å²) in [4.78, 5) is 15.8. The molecule has 0 aliphatic heterocycles. The normalized spacial score (nSPS) is 9.94. The van der Waals surface area contributed by atoms with Crippen molar-refractivity contribution in [1.82, 2.24) is 10.3 Å². The summed E-state index contributed by atoms with van der Waals surface area (Å²) in [6.45, 7) is 0.539. The highest BCUT2D eigenvalue weighted by atomic mass is 32.1. The zero-order valence-corrected chi connectivity index (χ0v) is 10.3. The molecule has 0 aromatic carbocycles. The van der Waals surface area contributed by atoms with Crippen LogP contribution < -0.4 is 10.6 Å². The fraction of sp³-hybridized carbons (Fsp3) is 0.167. The van der Waals surface area contributed by atoms with Gasteiger partial charge in [-0.1, -0.05) is 0 Å². The zero-order chi connectivity index (χ0) is 12.1. The first-order valence-corrected chi connectivity index (χ1v) is 6.17. The number of anilines is 1. The number of carbonyl (C=O) groups excluding carboxylic acids is 1. The van der Waals surface area contributed by atoms with Gasteiger partial charge in [0, 0.05) is 13.6 Å². The monoisotopic (exact) mass is 247 g/mol. The number of hydrogen-bond acceptors (Lipinski definition) is 4. The van der Waals surface area contributed by atoms with Crippen LogP contribution in [-0.4, -0.2) is 17.9 Å². The van der Waals surface area contributed by atoms with Crippen molar-refractivity contribution in [2.45, 2.75) is 6.54 Å². The lowest BCUT2D eigenvalue weighted by molar-refractivity contribution is 0.0946. The van der Waals surface area contributed by atoms with Crippen LogP contribution in [0.5, 0.6) is 0 Å². The molecule has 0 saturated carbocycles. The van der Waals surface area contributed by atoms with E-state index in [0.29, 0.717) is 12.2 Å². The van der Waals surface area contributed by atoms with Crippen LogP contribution in [0.2, 0.25) is 0 Å². The number of aromatic nitrogens is 1. The van der Waals surface area contributed by atoms with Crippen LogP contribution in [0.4, 0.5) is 5.69 Å². The molecule has 0 unspecified atom stereocenters. The quantitative estimate of drug-likeness (QED) is 0.870. The van der Waals surface area contributed by atoms with Crippen molar-refractivity contribution in [3.05, 3.63) is 46.4 Å². The lowest BCUT2D eigenvalue weighted by atomic mass is 10.3. The van der Waals surface area contributed by atoms with Crippen LogP contribution in [0.15, 0.2) is 35.2 Å². The Hall–Kier alpha value is -1.88. The average molecular weight is 247 g/mol. The summed E-state index contributed by atoms with van der Waals surface area (Å²) in [7, 11) is 1.81. The highest BCUT2D eigenvalue weighted by Crippen LogP contribution is 2.07. The minimum atomic E-state index is -0.154. The Bertz CT molecular complexity index is 479. The predicted octanol–water partition coefficient (Wildman–Crippen LogP) is 2.11. The number of rotatable bonds is 4. The first kappa shape index (κ1) is 11.6. The largest absolute Gasteiger partial charge is 0.387 e. The van der Waals surface area contributed by atoms with E-state index in [-0.39, 0.29) is 5.91 Å². The maximum absolute atomic E-state index is 11.7. The number of carbonyl (C=O) groups is 1. The van der Waals surface area contributed by atoms with E-state index in [2.05, 4.69) is 15.6 Å². The fourth-order valence-corrected chi connectivity index (χ4v) is 2.01. The molecule has 88 valence electrons. The second kappa shape index (κ2) is 5.45. The molecule has 1 amide bonds. The van der Waals surface area contributed by atoms with Crippen molar-refractivity contribution in [1.29, 1.82) is 0 Å². The van der Waals surface area contributed by atoms with Gasteiger partial charge in [0.25, 0.3) is 5.91 Å². The van der Waals surface area contributed by atoms with E-state index in [4.69, 9.17) is 0 Å². The van der Waals surface area contributed by atoms with Gasteiger partial charge >= 0.3 is 0 Å². The molecule has 17 heavy (non-hydrogen) atoms. The minimum Gasteiger partial charge on any atom is -0.387 e. The number of pyridine rings is 1. The second-order valence-electron chi connectivity index (χ2n) is 3.50. The van der Waals surface area contributed by atoms with E-state index in [0.717, 1.165) is 11.3 Å². The summed E-state index contributed by atoms with van der Waals surface area (Å²) in [5.74, 6) is -0.154. The Balaban J connectivity index is 1.95.